The summed E-state index contributed by atoms with van der Waals surface area (Å²) in [6, 6.07) is 10.4. The van der Waals surface area contributed by atoms with Crippen molar-refractivity contribution in [1.82, 2.24) is 0 Å². The quantitative estimate of drug-likeness (QED) is 0.764. The van der Waals surface area contributed by atoms with Crippen LogP contribution in [0.25, 0.3) is 10.8 Å². The summed E-state index contributed by atoms with van der Waals surface area (Å²) in [6.45, 7) is 8.27. The lowest BCUT2D eigenvalue weighted by Gasteiger charge is -2.10. The van der Waals surface area contributed by atoms with Gasteiger partial charge in [0.25, 0.3) is 0 Å². The Hall–Kier alpha value is -1.34. The first kappa shape index (κ1) is 12.7. The molecule has 2 aromatic carbocycles. The smallest absolute Gasteiger partial charge is 0.0690 e. The van der Waals surface area contributed by atoms with E-state index in [1.165, 1.54) is 16.5 Å². The Bertz CT molecular complexity index is 472. The van der Waals surface area contributed by atoms with E-state index in [1.807, 2.05) is 26.0 Å². The molecule has 2 rings (SSSR count). The van der Waals surface area contributed by atoms with Gasteiger partial charge < -0.3 is 5.11 Å². The van der Waals surface area contributed by atoms with Crippen molar-refractivity contribution in [2.45, 2.75) is 34.3 Å². The SMILES string of the molecule is CC.Cc1cc2ccccc2c(CO)c1C. The van der Waals surface area contributed by atoms with Gasteiger partial charge in [-0.25, -0.2) is 0 Å². The normalized spacial score (nSPS) is 9.81. The van der Waals surface area contributed by atoms with Gasteiger partial charge in [0.1, 0.15) is 0 Å². The highest BCUT2D eigenvalue weighted by Crippen LogP contribution is 2.24. The molecule has 0 radical (unpaired) electrons. The highest BCUT2D eigenvalue weighted by molar-refractivity contribution is 5.87. The molecule has 0 amide bonds. The zero-order valence-electron chi connectivity index (χ0n) is 10.5. The fraction of sp³-hybridized carbons (Fsp3) is 0.333. The van der Waals surface area contributed by atoms with E-state index in [9.17, 15) is 5.11 Å². The van der Waals surface area contributed by atoms with Gasteiger partial charge in [-0.1, -0.05) is 44.2 Å². The average molecular weight is 216 g/mol. The lowest BCUT2D eigenvalue weighted by molar-refractivity contribution is 0.282. The molecule has 0 aliphatic heterocycles. The largest absolute Gasteiger partial charge is 0.392 e. The summed E-state index contributed by atoms with van der Waals surface area (Å²) in [5.41, 5.74) is 3.50. The first-order chi connectivity index (χ1) is 7.74. The number of fused-ring (bicyclic) bond motifs is 1. The minimum atomic E-state index is 0.119. The average Bonchev–Trinajstić information content (AvgIpc) is 2.33. The zero-order chi connectivity index (χ0) is 12.1. The third kappa shape index (κ3) is 2.25. The molecule has 0 atom stereocenters. The van der Waals surface area contributed by atoms with Crippen LogP contribution in [0.5, 0.6) is 0 Å². The number of hydrogen-bond acceptors (Lipinski definition) is 1. The van der Waals surface area contributed by atoms with E-state index >= 15 is 0 Å². The van der Waals surface area contributed by atoms with E-state index in [0.29, 0.717) is 0 Å². The minimum absolute atomic E-state index is 0.119. The van der Waals surface area contributed by atoms with Crippen molar-refractivity contribution in [1.29, 1.82) is 0 Å². The number of rotatable bonds is 1. The van der Waals surface area contributed by atoms with Crippen molar-refractivity contribution in [2.24, 2.45) is 0 Å². The number of aryl methyl sites for hydroxylation is 1. The first-order valence-electron chi connectivity index (χ1n) is 5.82. The van der Waals surface area contributed by atoms with Gasteiger partial charge >= 0.3 is 0 Å². The van der Waals surface area contributed by atoms with Crippen LogP contribution in [0.2, 0.25) is 0 Å². The molecular formula is C15H20O. The van der Waals surface area contributed by atoms with E-state index in [-0.39, 0.29) is 6.61 Å². The maximum Gasteiger partial charge on any atom is 0.0690 e. The van der Waals surface area contributed by atoms with Gasteiger partial charge in [-0.05, 0) is 41.3 Å². The zero-order valence-corrected chi connectivity index (χ0v) is 10.5. The van der Waals surface area contributed by atoms with E-state index in [0.717, 1.165) is 10.9 Å². The van der Waals surface area contributed by atoms with Gasteiger partial charge in [-0.3, -0.25) is 0 Å². The van der Waals surface area contributed by atoms with Crippen LogP contribution >= 0.6 is 0 Å². The van der Waals surface area contributed by atoms with Crippen LogP contribution in [0.1, 0.15) is 30.5 Å². The van der Waals surface area contributed by atoms with Crippen molar-refractivity contribution >= 4 is 10.8 Å². The fourth-order valence-electron chi connectivity index (χ4n) is 1.88. The second-order valence-electron chi connectivity index (χ2n) is 3.68. The summed E-state index contributed by atoms with van der Waals surface area (Å²) in [7, 11) is 0. The lowest BCUT2D eigenvalue weighted by atomic mass is 9.96. The Balaban J connectivity index is 0.000000606. The van der Waals surface area contributed by atoms with Gasteiger partial charge in [0.05, 0.1) is 6.61 Å². The predicted octanol–water partition coefficient (Wildman–Crippen LogP) is 3.98. The molecule has 0 spiro atoms. The maximum absolute atomic E-state index is 9.34. The topological polar surface area (TPSA) is 20.2 Å². The van der Waals surface area contributed by atoms with Crippen molar-refractivity contribution in [3.63, 3.8) is 0 Å². The lowest BCUT2D eigenvalue weighted by Crippen LogP contribution is -1.93. The Labute approximate surface area is 97.7 Å². The fourth-order valence-corrected chi connectivity index (χ4v) is 1.88. The third-order valence-electron chi connectivity index (χ3n) is 2.86. The molecule has 0 heterocycles. The Morgan fingerprint density at radius 1 is 1.06 bits per heavy atom. The molecule has 0 aromatic heterocycles. The summed E-state index contributed by atoms with van der Waals surface area (Å²) < 4.78 is 0. The molecule has 0 saturated carbocycles. The molecular weight excluding hydrogens is 196 g/mol. The second kappa shape index (κ2) is 5.66. The van der Waals surface area contributed by atoms with Crippen LogP contribution in [0.4, 0.5) is 0 Å². The molecule has 0 aliphatic carbocycles. The van der Waals surface area contributed by atoms with Crippen molar-refractivity contribution in [2.75, 3.05) is 0 Å². The van der Waals surface area contributed by atoms with Crippen LogP contribution in [-0.4, -0.2) is 5.11 Å². The maximum atomic E-state index is 9.34. The summed E-state index contributed by atoms with van der Waals surface area (Å²) in [5.74, 6) is 0. The summed E-state index contributed by atoms with van der Waals surface area (Å²) in [5, 5.41) is 11.7. The van der Waals surface area contributed by atoms with Gasteiger partial charge in [0.2, 0.25) is 0 Å². The standard InChI is InChI=1S/C13H14O.C2H6/c1-9-7-11-5-3-4-6-12(11)13(8-14)10(9)2;1-2/h3-7,14H,8H2,1-2H3;1-2H3. The molecule has 2 aromatic rings. The molecule has 0 saturated heterocycles. The molecule has 0 bridgehead atoms. The summed E-state index contributed by atoms with van der Waals surface area (Å²) in [4.78, 5) is 0. The van der Waals surface area contributed by atoms with Crippen molar-refractivity contribution in [3.8, 4) is 0 Å². The van der Waals surface area contributed by atoms with Crippen LogP contribution in [-0.2, 0) is 6.61 Å². The number of benzene rings is 2. The molecule has 0 fully saturated rings. The van der Waals surface area contributed by atoms with Gasteiger partial charge in [-0.15, -0.1) is 0 Å². The van der Waals surface area contributed by atoms with E-state index in [1.54, 1.807) is 0 Å². The van der Waals surface area contributed by atoms with Crippen molar-refractivity contribution < 1.29 is 5.11 Å². The molecule has 86 valence electrons. The first-order valence-corrected chi connectivity index (χ1v) is 5.82. The van der Waals surface area contributed by atoms with E-state index in [2.05, 4.69) is 32.0 Å². The van der Waals surface area contributed by atoms with Crippen molar-refractivity contribution in [3.05, 3.63) is 47.0 Å². The number of hydrogen-bond donors (Lipinski definition) is 1. The molecule has 16 heavy (non-hydrogen) atoms. The number of aliphatic hydroxyl groups is 1. The third-order valence-corrected chi connectivity index (χ3v) is 2.86. The second-order valence-corrected chi connectivity index (χ2v) is 3.68. The summed E-state index contributed by atoms with van der Waals surface area (Å²) >= 11 is 0. The summed E-state index contributed by atoms with van der Waals surface area (Å²) in [6.07, 6.45) is 0. The molecule has 0 unspecified atom stereocenters. The van der Waals surface area contributed by atoms with E-state index < -0.39 is 0 Å². The molecule has 1 heteroatoms. The van der Waals surface area contributed by atoms with Gasteiger partial charge in [0.15, 0.2) is 0 Å². The van der Waals surface area contributed by atoms with Crippen LogP contribution < -0.4 is 0 Å². The van der Waals surface area contributed by atoms with E-state index in [4.69, 9.17) is 0 Å². The Morgan fingerprint density at radius 3 is 2.31 bits per heavy atom. The Kier molecular flexibility index (Phi) is 4.51. The highest BCUT2D eigenvalue weighted by atomic mass is 16.3. The predicted molar refractivity (Wildman–Crippen MR) is 70.7 cm³/mol. The van der Waals surface area contributed by atoms with Crippen LogP contribution in [0.3, 0.4) is 0 Å². The minimum Gasteiger partial charge on any atom is -0.392 e. The highest BCUT2D eigenvalue weighted by Gasteiger charge is 2.05. The van der Waals surface area contributed by atoms with Gasteiger partial charge in [0, 0.05) is 0 Å². The van der Waals surface area contributed by atoms with Crippen LogP contribution in [0.15, 0.2) is 30.3 Å². The molecule has 1 N–H and O–H groups in total. The monoisotopic (exact) mass is 216 g/mol. The number of aliphatic hydroxyl groups excluding tert-OH is 1. The Morgan fingerprint density at radius 2 is 1.69 bits per heavy atom. The van der Waals surface area contributed by atoms with Crippen LogP contribution in [0, 0.1) is 13.8 Å². The van der Waals surface area contributed by atoms with Gasteiger partial charge in [-0.2, -0.15) is 0 Å². The molecule has 1 nitrogen and oxygen atoms in total. The molecule has 0 aliphatic rings.